The third-order valence-corrected chi connectivity index (χ3v) is 4.52. The SMILES string of the molecule is CCC/C=N/Cc1cccc2nc(C)n(C3CCC(=O)NC3=O)c(=O)c12. The molecule has 1 aromatic heterocycles. The zero-order valence-electron chi connectivity index (χ0n) is 15.0. The number of aromatic nitrogens is 2. The summed E-state index contributed by atoms with van der Waals surface area (Å²) in [6, 6.07) is 4.79. The summed E-state index contributed by atoms with van der Waals surface area (Å²) in [7, 11) is 0. The molecular formula is C19H22N4O3. The van der Waals surface area contributed by atoms with Crippen LogP contribution < -0.4 is 10.9 Å². The third-order valence-electron chi connectivity index (χ3n) is 4.52. The molecule has 1 aromatic carbocycles. The van der Waals surface area contributed by atoms with Crippen LogP contribution in [-0.2, 0) is 16.1 Å². The molecule has 0 aliphatic carbocycles. The zero-order chi connectivity index (χ0) is 18.7. The van der Waals surface area contributed by atoms with Crippen LogP contribution in [0.3, 0.4) is 0 Å². The first kappa shape index (κ1) is 18.0. The van der Waals surface area contributed by atoms with Gasteiger partial charge in [0.2, 0.25) is 11.8 Å². The van der Waals surface area contributed by atoms with Gasteiger partial charge in [-0.1, -0.05) is 25.5 Å². The van der Waals surface area contributed by atoms with Gasteiger partial charge in [-0.25, -0.2) is 4.98 Å². The van der Waals surface area contributed by atoms with Crippen molar-refractivity contribution in [3.63, 3.8) is 0 Å². The minimum absolute atomic E-state index is 0.212. The number of hydrogen-bond donors (Lipinski definition) is 1. The van der Waals surface area contributed by atoms with Crippen molar-refractivity contribution >= 4 is 28.9 Å². The number of fused-ring (bicyclic) bond motifs is 1. The molecule has 1 atom stereocenters. The van der Waals surface area contributed by atoms with E-state index in [-0.39, 0.29) is 17.9 Å². The van der Waals surface area contributed by atoms with Crippen molar-refractivity contribution in [3.05, 3.63) is 39.9 Å². The Morgan fingerprint density at radius 2 is 2.15 bits per heavy atom. The van der Waals surface area contributed by atoms with Gasteiger partial charge in [-0.2, -0.15) is 0 Å². The molecule has 7 nitrogen and oxygen atoms in total. The number of aryl methyl sites for hydroxylation is 1. The molecule has 2 aromatic rings. The fraction of sp³-hybridized carbons (Fsp3) is 0.421. The van der Waals surface area contributed by atoms with Crippen LogP contribution in [0.1, 0.15) is 50.0 Å². The van der Waals surface area contributed by atoms with E-state index in [0.717, 1.165) is 18.4 Å². The molecule has 1 unspecified atom stereocenters. The summed E-state index contributed by atoms with van der Waals surface area (Å²) in [5.41, 5.74) is 1.12. The Labute approximate surface area is 151 Å². The smallest absolute Gasteiger partial charge is 0.262 e. The largest absolute Gasteiger partial charge is 0.295 e. The minimum Gasteiger partial charge on any atom is -0.295 e. The van der Waals surface area contributed by atoms with Crippen LogP contribution in [0.25, 0.3) is 10.9 Å². The van der Waals surface area contributed by atoms with Gasteiger partial charge >= 0.3 is 0 Å². The highest BCUT2D eigenvalue weighted by molar-refractivity contribution is 5.99. The number of aliphatic imine (C=N–C) groups is 1. The van der Waals surface area contributed by atoms with Gasteiger partial charge in [0.05, 0.1) is 17.4 Å². The molecule has 26 heavy (non-hydrogen) atoms. The van der Waals surface area contributed by atoms with Crippen molar-refractivity contribution < 1.29 is 9.59 Å². The van der Waals surface area contributed by atoms with Crippen LogP contribution in [0, 0.1) is 6.92 Å². The Kier molecular flexibility index (Phi) is 5.25. The van der Waals surface area contributed by atoms with E-state index in [2.05, 4.69) is 22.2 Å². The van der Waals surface area contributed by atoms with Gasteiger partial charge in [-0.3, -0.25) is 29.3 Å². The molecule has 3 rings (SSSR count). The van der Waals surface area contributed by atoms with Crippen molar-refractivity contribution in [2.45, 2.75) is 52.1 Å². The quantitative estimate of drug-likeness (QED) is 0.657. The number of imide groups is 1. The highest BCUT2D eigenvalue weighted by atomic mass is 16.2. The van der Waals surface area contributed by atoms with Crippen LogP contribution in [0.5, 0.6) is 0 Å². The van der Waals surface area contributed by atoms with Gasteiger partial charge in [-0.05, 0) is 37.6 Å². The average molecular weight is 354 g/mol. The molecule has 2 amide bonds. The molecule has 2 heterocycles. The number of amides is 2. The lowest BCUT2D eigenvalue weighted by molar-refractivity contribution is -0.135. The summed E-state index contributed by atoms with van der Waals surface area (Å²) in [5, 5.41) is 2.79. The molecule has 1 fully saturated rings. The fourth-order valence-electron chi connectivity index (χ4n) is 3.23. The molecule has 1 saturated heterocycles. The molecule has 0 bridgehead atoms. The number of piperidine rings is 1. The molecule has 0 radical (unpaired) electrons. The number of carbonyl (C=O) groups excluding carboxylic acids is 2. The molecule has 1 aliphatic rings. The van der Waals surface area contributed by atoms with Crippen molar-refractivity contribution in [1.29, 1.82) is 0 Å². The molecule has 1 aliphatic heterocycles. The third kappa shape index (κ3) is 3.42. The van der Waals surface area contributed by atoms with Gasteiger partial charge in [0.1, 0.15) is 11.9 Å². The van der Waals surface area contributed by atoms with E-state index in [0.29, 0.717) is 29.7 Å². The topological polar surface area (TPSA) is 93.4 Å². The number of carbonyl (C=O) groups is 2. The second-order valence-corrected chi connectivity index (χ2v) is 6.42. The fourth-order valence-corrected chi connectivity index (χ4v) is 3.23. The summed E-state index contributed by atoms with van der Waals surface area (Å²) in [6.07, 6.45) is 4.28. The Balaban J connectivity index is 2.09. The molecule has 136 valence electrons. The number of hydrogen-bond acceptors (Lipinski definition) is 5. The van der Waals surface area contributed by atoms with Crippen molar-refractivity contribution in [2.75, 3.05) is 0 Å². The Bertz CT molecular complexity index is 946. The first-order chi connectivity index (χ1) is 12.5. The zero-order valence-corrected chi connectivity index (χ0v) is 15.0. The first-order valence-corrected chi connectivity index (χ1v) is 8.85. The second-order valence-electron chi connectivity index (χ2n) is 6.42. The van der Waals surface area contributed by atoms with E-state index in [9.17, 15) is 14.4 Å². The van der Waals surface area contributed by atoms with Gasteiger partial charge in [0, 0.05) is 6.42 Å². The Morgan fingerprint density at radius 1 is 1.35 bits per heavy atom. The van der Waals surface area contributed by atoms with Crippen LogP contribution in [0.2, 0.25) is 0 Å². The van der Waals surface area contributed by atoms with Gasteiger partial charge in [0.25, 0.3) is 5.56 Å². The minimum atomic E-state index is -0.714. The predicted molar refractivity (Wildman–Crippen MR) is 99.3 cm³/mol. The van der Waals surface area contributed by atoms with E-state index in [4.69, 9.17) is 0 Å². The molecule has 1 N–H and O–H groups in total. The van der Waals surface area contributed by atoms with E-state index in [1.165, 1.54) is 4.57 Å². The lowest BCUT2D eigenvalue weighted by atomic mass is 10.0. The molecular weight excluding hydrogens is 332 g/mol. The van der Waals surface area contributed by atoms with Crippen LogP contribution in [0.4, 0.5) is 0 Å². The van der Waals surface area contributed by atoms with Crippen LogP contribution >= 0.6 is 0 Å². The molecule has 0 spiro atoms. The summed E-state index contributed by atoms with van der Waals surface area (Å²) in [6.45, 7) is 4.18. The average Bonchev–Trinajstić information content (AvgIpc) is 2.60. The van der Waals surface area contributed by atoms with Gasteiger partial charge < -0.3 is 0 Å². The summed E-state index contributed by atoms with van der Waals surface area (Å²) >= 11 is 0. The number of benzene rings is 1. The van der Waals surface area contributed by atoms with Gasteiger partial charge in [0.15, 0.2) is 0 Å². The van der Waals surface area contributed by atoms with E-state index >= 15 is 0 Å². The lowest BCUT2D eigenvalue weighted by Crippen LogP contribution is -2.45. The monoisotopic (exact) mass is 354 g/mol. The standard InChI is InChI=1S/C19H22N4O3/c1-3-4-10-20-11-13-6-5-7-14-17(13)19(26)23(12(2)21-14)15-8-9-16(24)22-18(15)25/h5-7,10,15H,3-4,8-9,11H2,1-2H3,(H,22,24,25)/b20-10+. The molecule has 7 heteroatoms. The maximum atomic E-state index is 13.2. The summed E-state index contributed by atoms with van der Waals surface area (Å²) in [5.74, 6) is -0.300. The summed E-state index contributed by atoms with van der Waals surface area (Å²) < 4.78 is 1.41. The van der Waals surface area contributed by atoms with Crippen molar-refractivity contribution in [1.82, 2.24) is 14.9 Å². The highest BCUT2D eigenvalue weighted by Crippen LogP contribution is 2.21. The van der Waals surface area contributed by atoms with Crippen molar-refractivity contribution in [2.24, 2.45) is 4.99 Å². The first-order valence-electron chi connectivity index (χ1n) is 8.85. The van der Waals surface area contributed by atoms with Gasteiger partial charge in [-0.15, -0.1) is 0 Å². The molecule has 0 saturated carbocycles. The van der Waals surface area contributed by atoms with Crippen molar-refractivity contribution in [3.8, 4) is 0 Å². The van der Waals surface area contributed by atoms with E-state index in [1.54, 1.807) is 13.0 Å². The van der Waals surface area contributed by atoms with Crippen LogP contribution in [-0.4, -0.2) is 27.6 Å². The number of nitrogens with one attached hydrogen (secondary N) is 1. The van der Waals surface area contributed by atoms with E-state index < -0.39 is 11.9 Å². The maximum absolute atomic E-state index is 13.2. The number of rotatable bonds is 5. The normalized spacial score (nSPS) is 17.8. The van der Waals surface area contributed by atoms with E-state index in [1.807, 2.05) is 18.3 Å². The Hall–Kier alpha value is -2.83. The maximum Gasteiger partial charge on any atom is 0.262 e. The number of nitrogens with zero attached hydrogens (tertiary/aromatic N) is 3. The van der Waals surface area contributed by atoms with Crippen LogP contribution in [0.15, 0.2) is 28.0 Å². The second kappa shape index (κ2) is 7.59. The highest BCUT2D eigenvalue weighted by Gasteiger charge is 2.30. The summed E-state index contributed by atoms with van der Waals surface area (Å²) in [4.78, 5) is 45.7. The lowest BCUT2D eigenvalue weighted by Gasteiger charge is -2.24. The predicted octanol–water partition coefficient (Wildman–Crippen LogP) is 2.05. The number of unbranched alkanes of at least 4 members (excludes halogenated alkanes) is 1. The Morgan fingerprint density at radius 3 is 2.88 bits per heavy atom.